The number of amides is 1. The SMILES string of the molecule is Cc1ccc(C)c(NC(=O)c2ccc(NN)nn2)c1. The number of nitrogens with two attached hydrogens (primary N) is 1. The van der Waals surface area contributed by atoms with Crippen molar-refractivity contribution in [1.82, 2.24) is 10.2 Å². The Morgan fingerprint density at radius 1 is 1.16 bits per heavy atom. The Morgan fingerprint density at radius 2 is 1.95 bits per heavy atom. The molecule has 0 bridgehead atoms. The molecule has 0 saturated heterocycles. The molecule has 1 heterocycles. The summed E-state index contributed by atoms with van der Waals surface area (Å²) in [7, 11) is 0. The van der Waals surface area contributed by atoms with Crippen LogP contribution in [0.25, 0.3) is 0 Å². The summed E-state index contributed by atoms with van der Waals surface area (Å²) in [6.07, 6.45) is 0. The van der Waals surface area contributed by atoms with Crippen molar-refractivity contribution in [3.63, 3.8) is 0 Å². The Balaban J connectivity index is 2.18. The van der Waals surface area contributed by atoms with Crippen molar-refractivity contribution in [3.8, 4) is 0 Å². The van der Waals surface area contributed by atoms with Crippen LogP contribution in [0.1, 0.15) is 21.6 Å². The molecule has 98 valence electrons. The fraction of sp³-hybridized carbons (Fsp3) is 0.154. The molecule has 1 aromatic carbocycles. The normalized spacial score (nSPS) is 10.1. The number of nitrogens with zero attached hydrogens (tertiary/aromatic N) is 2. The first-order valence-electron chi connectivity index (χ1n) is 5.79. The molecule has 0 aliphatic carbocycles. The van der Waals surface area contributed by atoms with E-state index in [1.165, 1.54) is 0 Å². The maximum atomic E-state index is 12.0. The minimum Gasteiger partial charge on any atom is -0.320 e. The average molecular weight is 257 g/mol. The predicted octanol–water partition coefficient (Wildman–Crippen LogP) is 1.63. The minimum atomic E-state index is -0.301. The number of hydrogen-bond acceptors (Lipinski definition) is 5. The van der Waals surface area contributed by atoms with Crippen molar-refractivity contribution in [3.05, 3.63) is 47.2 Å². The zero-order chi connectivity index (χ0) is 13.8. The molecule has 0 atom stereocenters. The molecule has 0 unspecified atom stereocenters. The van der Waals surface area contributed by atoms with Gasteiger partial charge in [-0.25, -0.2) is 5.84 Å². The number of anilines is 2. The number of nitrogen functional groups attached to an aromatic ring is 1. The molecule has 0 radical (unpaired) electrons. The number of rotatable bonds is 3. The summed E-state index contributed by atoms with van der Waals surface area (Å²) >= 11 is 0. The van der Waals surface area contributed by atoms with Gasteiger partial charge in [-0.3, -0.25) is 4.79 Å². The highest BCUT2D eigenvalue weighted by Gasteiger charge is 2.10. The van der Waals surface area contributed by atoms with E-state index in [-0.39, 0.29) is 11.6 Å². The summed E-state index contributed by atoms with van der Waals surface area (Å²) in [6, 6.07) is 9.01. The van der Waals surface area contributed by atoms with Gasteiger partial charge in [0.05, 0.1) is 0 Å². The summed E-state index contributed by atoms with van der Waals surface area (Å²) in [4.78, 5) is 12.0. The lowest BCUT2D eigenvalue weighted by Gasteiger charge is -2.08. The molecule has 4 N–H and O–H groups in total. The lowest BCUT2D eigenvalue weighted by molar-refractivity contribution is 0.102. The molecular formula is C13H15N5O. The molecular weight excluding hydrogens is 242 g/mol. The van der Waals surface area contributed by atoms with Crippen molar-refractivity contribution in [2.45, 2.75) is 13.8 Å². The lowest BCUT2D eigenvalue weighted by Crippen LogP contribution is -2.16. The van der Waals surface area contributed by atoms with E-state index < -0.39 is 0 Å². The van der Waals surface area contributed by atoms with E-state index >= 15 is 0 Å². The van der Waals surface area contributed by atoms with Crippen LogP contribution in [0.4, 0.5) is 11.5 Å². The first-order chi connectivity index (χ1) is 9.10. The van der Waals surface area contributed by atoms with Crippen LogP contribution in [-0.2, 0) is 0 Å². The van der Waals surface area contributed by atoms with Crippen molar-refractivity contribution >= 4 is 17.4 Å². The van der Waals surface area contributed by atoms with Crippen LogP contribution in [0, 0.1) is 13.8 Å². The number of aryl methyl sites for hydroxylation is 2. The van der Waals surface area contributed by atoms with E-state index in [9.17, 15) is 4.79 Å². The van der Waals surface area contributed by atoms with Crippen LogP contribution in [0.2, 0.25) is 0 Å². The molecule has 0 saturated carbocycles. The standard InChI is InChI=1S/C13H15N5O/c1-8-3-4-9(2)11(7-8)15-13(19)10-5-6-12(16-14)18-17-10/h3-7H,14H2,1-2H3,(H,15,19)(H,16,18). The second-order valence-corrected chi connectivity index (χ2v) is 4.22. The third-order valence-electron chi connectivity index (χ3n) is 2.69. The average Bonchev–Trinajstić information content (AvgIpc) is 2.43. The maximum absolute atomic E-state index is 12.0. The fourth-order valence-corrected chi connectivity index (χ4v) is 1.59. The monoisotopic (exact) mass is 257 g/mol. The molecule has 19 heavy (non-hydrogen) atoms. The summed E-state index contributed by atoms with van der Waals surface area (Å²) in [5.74, 6) is 5.29. The zero-order valence-electron chi connectivity index (χ0n) is 10.8. The minimum absolute atomic E-state index is 0.236. The van der Waals surface area contributed by atoms with Crippen molar-refractivity contribution in [2.75, 3.05) is 10.7 Å². The topological polar surface area (TPSA) is 92.9 Å². The van der Waals surface area contributed by atoms with Gasteiger partial charge in [-0.05, 0) is 43.2 Å². The van der Waals surface area contributed by atoms with Gasteiger partial charge in [0, 0.05) is 5.69 Å². The number of benzene rings is 1. The zero-order valence-corrected chi connectivity index (χ0v) is 10.8. The Morgan fingerprint density at radius 3 is 2.58 bits per heavy atom. The summed E-state index contributed by atoms with van der Waals surface area (Å²) in [5, 5.41) is 10.4. The molecule has 2 rings (SSSR count). The third kappa shape index (κ3) is 3.05. The van der Waals surface area contributed by atoms with Gasteiger partial charge in [0.1, 0.15) is 0 Å². The fourth-order valence-electron chi connectivity index (χ4n) is 1.59. The predicted molar refractivity (Wildman–Crippen MR) is 73.7 cm³/mol. The molecule has 6 nitrogen and oxygen atoms in total. The van der Waals surface area contributed by atoms with Crippen LogP contribution in [0.15, 0.2) is 30.3 Å². The van der Waals surface area contributed by atoms with E-state index in [1.807, 2.05) is 32.0 Å². The first kappa shape index (κ1) is 13.0. The molecule has 1 aromatic heterocycles. The van der Waals surface area contributed by atoms with Gasteiger partial charge in [0.2, 0.25) is 0 Å². The number of hydrazine groups is 1. The maximum Gasteiger partial charge on any atom is 0.276 e. The van der Waals surface area contributed by atoms with Gasteiger partial charge in [0.15, 0.2) is 11.5 Å². The Bertz CT molecular complexity index is 594. The smallest absolute Gasteiger partial charge is 0.276 e. The van der Waals surface area contributed by atoms with Gasteiger partial charge in [0.25, 0.3) is 5.91 Å². The van der Waals surface area contributed by atoms with Gasteiger partial charge < -0.3 is 10.7 Å². The van der Waals surface area contributed by atoms with E-state index in [0.717, 1.165) is 16.8 Å². The molecule has 0 spiro atoms. The van der Waals surface area contributed by atoms with Crippen LogP contribution >= 0.6 is 0 Å². The van der Waals surface area contributed by atoms with Crippen molar-refractivity contribution in [2.24, 2.45) is 5.84 Å². The highest BCUT2D eigenvalue weighted by molar-refractivity contribution is 6.03. The molecule has 0 aliphatic heterocycles. The Labute approximate surface area is 111 Å². The molecule has 0 aliphatic rings. The van der Waals surface area contributed by atoms with E-state index in [2.05, 4.69) is 20.9 Å². The largest absolute Gasteiger partial charge is 0.320 e. The second-order valence-electron chi connectivity index (χ2n) is 4.22. The Kier molecular flexibility index (Phi) is 3.72. The van der Waals surface area contributed by atoms with E-state index in [0.29, 0.717) is 5.82 Å². The number of nitrogens with one attached hydrogen (secondary N) is 2. The third-order valence-corrected chi connectivity index (χ3v) is 2.69. The van der Waals surface area contributed by atoms with Crippen molar-refractivity contribution < 1.29 is 4.79 Å². The van der Waals surface area contributed by atoms with Crippen LogP contribution in [-0.4, -0.2) is 16.1 Å². The number of hydrogen-bond donors (Lipinski definition) is 3. The molecule has 0 fully saturated rings. The number of carbonyl (C=O) groups is 1. The molecule has 2 aromatic rings. The quantitative estimate of drug-likeness (QED) is 0.574. The first-order valence-corrected chi connectivity index (χ1v) is 5.79. The van der Waals surface area contributed by atoms with E-state index in [1.54, 1.807) is 12.1 Å². The highest BCUT2D eigenvalue weighted by atomic mass is 16.1. The van der Waals surface area contributed by atoms with Crippen LogP contribution in [0.3, 0.4) is 0 Å². The van der Waals surface area contributed by atoms with Crippen molar-refractivity contribution in [1.29, 1.82) is 0 Å². The van der Waals surface area contributed by atoms with Gasteiger partial charge >= 0.3 is 0 Å². The summed E-state index contributed by atoms with van der Waals surface area (Å²) < 4.78 is 0. The number of carbonyl (C=O) groups excluding carboxylic acids is 1. The van der Waals surface area contributed by atoms with Gasteiger partial charge in [-0.2, -0.15) is 0 Å². The van der Waals surface area contributed by atoms with Gasteiger partial charge in [-0.15, -0.1) is 10.2 Å². The second kappa shape index (κ2) is 5.45. The van der Waals surface area contributed by atoms with Gasteiger partial charge in [-0.1, -0.05) is 12.1 Å². The lowest BCUT2D eigenvalue weighted by atomic mass is 10.1. The highest BCUT2D eigenvalue weighted by Crippen LogP contribution is 2.17. The van der Waals surface area contributed by atoms with E-state index in [4.69, 9.17) is 5.84 Å². The summed E-state index contributed by atoms with van der Waals surface area (Å²) in [5.41, 5.74) is 5.43. The molecule has 6 heteroatoms. The number of aromatic nitrogens is 2. The molecule has 1 amide bonds. The van der Waals surface area contributed by atoms with Crippen LogP contribution < -0.4 is 16.6 Å². The van der Waals surface area contributed by atoms with Crippen LogP contribution in [0.5, 0.6) is 0 Å². The Hall–Kier alpha value is -2.47. The summed E-state index contributed by atoms with van der Waals surface area (Å²) in [6.45, 7) is 3.90.